The number of halogens is 1. The number of methoxy groups -OCH3 is 1. The van der Waals surface area contributed by atoms with Crippen LogP contribution in [0.4, 0.5) is 0 Å². The molecule has 0 bridgehead atoms. The zero-order valence-corrected chi connectivity index (χ0v) is 17.9. The molecule has 0 radical (unpaired) electrons. The van der Waals surface area contributed by atoms with Crippen LogP contribution in [0.3, 0.4) is 0 Å². The van der Waals surface area contributed by atoms with Crippen LogP contribution in [0.25, 0.3) is 11.0 Å². The van der Waals surface area contributed by atoms with Crippen molar-refractivity contribution in [3.05, 3.63) is 39.1 Å². The standard InChI is InChI=1S/C22H30N2O4.ClH/c1-27-18-6-7-20-19(14-18)21(25)24(22(26)28-20)13-10-16-8-11-23(12-9-16)15-17-4-2-3-5-17;/h6-7,14,16-17H,2-5,8-13,15H2,1H3;1H. The van der Waals surface area contributed by atoms with Gasteiger partial charge >= 0.3 is 5.76 Å². The number of fused-ring (bicyclic) bond motifs is 1. The van der Waals surface area contributed by atoms with Crippen LogP contribution in [0, 0.1) is 11.8 Å². The fourth-order valence-electron chi connectivity index (χ4n) is 4.79. The Kier molecular flexibility index (Phi) is 7.41. The van der Waals surface area contributed by atoms with E-state index in [4.69, 9.17) is 9.15 Å². The van der Waals surface area contributed by atoms with E-state index in [1.165, 1.54) is 36.8 Å². The Morgan fingerprint density at radius 1 is 1.07 bits per heavy atom. The minimum atomic E-state index is -0.568. The van der Waals surface area contributed by atoms with E-state index in [1.54, 1.807) is 25.3 Å². The molecule has 1 saturated heterocycles. The molecule has 160 valence electrons. The molecule has 2 fully saturated rings. The van der Waals surface area contributed by atoms with Gasteiger partial charge in [-0.2, -0.15) is 0 Å². The second-order valence-corrected chi connectivity index (χ2v) is 8.37. The van der Waals surface area contributed by atoms with E-state index in [1.807, 2.05) is 0 Å². The highest BCUT2D eigenvalue weighted by Gasteiger charge is 2.23. The van der Waals surface area contributed by atoms with Crippen molar-refractivity contribution in [2.45, 2.75) is 51.5 Å². The predicted octanol–water partition coefficient (Wildman–Crippen LogP) is 3.68. The third kappa shape index (κ3) is 5.04. The van der Waals surface area contributed by atoms with Crippen molar-refractivity contribution in [3.63, 3.8) is 0 Å². The highest BCUT2D eigenvalue weighted by molar-refractivity contribution is 5.85. The van der Waals surface area contributed by atoms with Crippen molar-refractivity contribution in [1.82, 2.24) is 9.47 Å². The lowest BCUT2D eigenvalue weighted by Crippen LogP contribution is -2.38. The lowest BCUT2D eigenvalue weighted by atomic mass is 9.92. The summed E-state index contributed by atoms with van der Waals surface area (Å²) in [5.74, 6) is 1.47. The SMILES string of the molecule is COc1ccc2oc(=O)n(CCC3CCN(CC4CCCC4)CC3)c(=O)c2c1.Cl. The van der Waals surface area contributed by atoms with Gasteiger partial charge in [-0.15, -0.1) is 12.4 Å². The van der Waals surface area contributed by atoms with Gasteiger partial charge in [-0.25, -0.2) is 9.36 Å². The molecule has 4 rings (SSSR count). The minimum absolute atomic E-state index is 0. The van der Waals surface area contributed by atoms with E-state index in [9.17, 15) is 9.59 Å². The molecule has 2 aromatic rings. The smallest absolute Gasteiger partial charge is 0.422 e. The predicted molar refractivity (Wildman–Crippen MR) is 116 cm³/mol. The third-order valence-corrected chi connectivity index (χ3v) is 6.54. The Balaban J connectivity index is 0.00000240. The number of nitrogens with zero attached hydrogens (tertiary/aromatic N) is 2. The summed E-state index contributed by atoms with van der Waals surface area (Å²) in [7, 11) is 1.55. The molecule has 0 unspecified atom stereocenters. The normalized spacial score (nSPS) is 18.8. The molecule has 7 heteroatoms. The van der Waals surface area contributed by atoms with E-state index >= 15 is 0 Å². The van der Waals surface area contributed by atoms with E-state index in [0.29, 0.717) is 29.2 Å². The molecular weight excluding hydrogens is 392 g/mol. The van der Waals surface area contributed by atoms with Gasteiger partial charge in [0.1, 0.15) is 11.3 Å². The Bertz CT molecular complexity index is 925. The third-order valence-electron chi connectivity index (χ3n) is 6.54. The summed E-state index contributed by atoms with van der Waals surface area (Å²) in [6.07, 6.45) is 8.72. The lowest BCUT2D eigenvalue weighted by molar-refractivity contribution is 0.154. The first-order chi connectivity index (χ1) is 13.6. The number of ether oxygens (including phenoxy) is 1. The molecule has 29 heavy (non-hydrogen) atoms. The number of benzene rings is 1. The van der Waals surface area contributed by atoms with Crippen molar-refractivity contribution < 1.29 is 9.15 Å². The molecule has 0 amide bonds. The molecule has 1 aliphatic heterocycles. The minimum Gasteiger partial charge on any atom is -0.497 e. The summed E-state index contributed by atoms with van der Waals surface area (Å²) in [5.41, 5.74) is 0.0242. The summed E-state index contributed by atoms with van der Waals surface area (Å²) in [5, 5.41) is 0.394. The molecule has 1 aromatic carbocycles. The molecule has 1 saturated carbocycles. The molecule has 0 N–H and O–H groups in total. The van der Waals surface area contributed by atoms with Crippen LogP contribution in [0.2, 0.25) is 0 Å². The van der Waals surface area contributed by atoms with Gasteiger partial charge in [0.25, 0.3) is 5.56 Å². The van der Waals surface area contributed by atoms with Crippen molar-refractivity contribution in [2.24, 2.45) is 11.8 Å². The number of aromatic nitrogens is 1. The van der Waals surface area contributed by atoms with Gasteiger partial charge < -0.3 is 14.1 Å². The van der Waals surface area contributed by atoms with Gasteiger partial charge in [0.05, 0.1) is 12.5 Å². The van der Waals surface area contributed by atoms with Crippen LogP contribution in [-0.2, 0) is 6.54 Å². The zero-order chi connectivity index (χ0) is 19.5. The Labute approximate surface area is 177 Å². The van der Waals surface area contributed by atoms with Crippen molar-refractivity contribution in [1.29, 1.82) is 0 Å². The van der Waals surface area contributed by atoms with Crippen LogP contribution in [0.15, 0.2) is 32.2 Å². The monoisotopic (exact) mass is 422 g/mol. The first kappa shape index (κ1) is 21.9. The van der Waals surface area contributed by atoms with Crippen LogP contribution in [0.5, 0.6) is 5.75 Å². The highest BCUT2D eigenvalue weighted by atomic mass is 35.5. The Morgan fingerprint density at radius 2 is 1.79 bits per heavy atom. The lowest BCUT2D eigenvalue weighted by Gasteiger charge is -2.33. The molecule has 1 aromatic heterocycles. The van der Waals surface area contributed by atoms with E-state index in [2.05, 4.69) is 4.90 Å². The van der Waals surface area contributed by atoms with Gasteiger partial charge in [-0.3, -0.25) is 4.79 Å². The van der Waals surface area contributed by atoms with Crippen molar-refractivity contribution in [2.75, 3.05) is 26.7 Å². The molecular formula is C22H31ClN2O4. The number of hydrogen-bond donors (Lipinski definition) is 0. The average molecular weight is 423 g/mol. The first-order valence-corrected chi connectivity index (χ1v) is 10.6. The molecule has 2 aliphatic rings. The summed E-state index contributed by atoms with van der Waals surface area (Å²) in [6.45, 7) is 3.95. The first-order valence-electron chi connectivity index (χ1n) is 10.6. The largest absolute Gasteiger partial charge is 0.497 e. The van der Waals surface area contributed by atoms with Gasteiger partial charge in [-0.1, -0.05) is 12.8 Å². The van der Waals surface area contributed by atoms with Crippen LogP contribution >= 0.6 is 12.4 Å². The second-order valence-electron chi connectivity index (χ2n) is 8.37. The maximum Gasteiger partial charge on any atom is 0.422 e. The summed E-state index contributed by atoms with van der Waals surface area (Å²) in [4.78, 5) is 27.7. The molecule has 1 aliphatic carbocycles. The van der Waals surface area contributed by atoms with Crippen molar-refractivity contribution >= 4 is 23.4 Å². The molecule has 0 spiro atoms. The Morgan fingerprint density at radius 3 is 2.48 bits per heavy atom. The zero-order valence-electron chi connectivity index (χ0n) is 17.1. The average Bonchev–Trinajstić information content (AvgIpc) is 3.22. The fraction of sp³-hybridized carbons (Fsp3) is 0.636. The highest BCUT2D eigenvalue weighted by Crippen LogP contribution is 2.28. The quantitative estimate of drug-likeness (QED) is 0.710. The molecule has 0 atom stereocenters. The number of piperidine rings is 1. The van der Waals surface area contributed by atoms with Gasteiger partial charge in [0.15, 0.2) is 0 Å². The van der Waals surface area contributed by atoms with Crippen LogP contribution in [-0.4, -0.2) is 36.2 Å². The van der Waals surface area contributed by atoms with E-state index in [-0.39, 0.29) is 18.0 Å². The van der Waals surface area contributed by atoms with Crippen LogP contribution in [0.1, 0.15) is 44.9 Å². The maximum absolute atomic E-state index is 12.8. The van der Waals surface area contributed by atoms with Crippen molar-refractivity contribution in [3.8, 4) is 5.75 Å². The van der Waals surface area contributed by atoms with E-state index in [0.717, 1.165) is 38.3 Å². The second kappa shape index (κ2) is 9.81. The van der Waals surface area contributed by atoms with Gasteiger partial charge in [-0.05, 0) is 75.2 Å². The summed E-state index contributed by atoms with van der Waals surface area (Å²) in [6, 6.07) is 4.94. The molecule has 6 nitrogen and oxygen atoms in total. The summed E-state index contributed by atoms with van der Waals surface area (Å²) < 4.78 is 11.8. The topological polar surface area (TPSA) is 64.7 Å². The van der Waals surface area contributed by atoms with Gasteiger partial charge in [0.2, 0.25) is 0 Å². The Hall–Kier alpha value is -1.79. The fourth-order valence-corrected chi connectivity index (χ4v) is 4.79. The summed E-state index contributed by atoms with van der Waals surface area (Å²) >= 11 is 0. The number of hydrogen-bond acceptors (Lipinski definition) is 5. The van der Waals surface area contributed by atoms with Gasteiger partial charge in [0, 0.05) is 13.1 Å². The molecule has 2 heterocycles. The maximum atomic E-state index is 12.8. The number of likely N-dealkylation sites (tertiary alicyclic amines) is 1. The van der Waals surface area contributed by atoms with E-state index < -0.39 is 5.76 Å². The van der Waals surface area contributed by atoms with Crippen LogP contribution < -0.4 is 16.1 Å². The number of rotatable bonds is 6.